The molecule has 1 saturated heterocycles. The van der Waals surface area contributed by atoms with Crippen molar-refractivity contribution in [2.75, 3.05) is 19.6 Å². The highest BCUT2D eigenvalue weighted by Gasteiger charge is 2.21. The molecule has 0 saturated carbocycles. The SMILES string of the molecule is Cc1cc(C)cc(C(=O)NCC(=O)N2CCCC(C)C2)c1. The molecule has 1 aliphatic rings. The molecule has 1 N–H and O–H groups in total. The molecule has 21 heavy (non-hydrogen) atoms. The molecule has 4 heteroatoms. The highest BCUT2D eigenvalue weighted by Crippen LogP contribution is 2.15. The van der Waals surface area contributed by atoms with Crippen molar-refractivity contribution < 1.29 is 9.59 Å². The van der Waals surface area contributed by atoms with Crippen LogP contribution in [-0.4, -0.2) is 36.3 Å². The molecule has 1 fully saturated rings. The zero-order valence-corrected chi connectivity index (χ0v) is 13.1. The highest BCUT2D eigenvalue weighted by molar-refractivity contribution is 5.96. The minimum absolute atomic E-state index is 0.0132. The third-order valence-corrected chi connectivity index (χ3v) is 3.89. The van der Waals surface area contributed by atoms with E-state index in [1.54, 1.807) is 0 Å². The minimum atomic E-state index is -0.180. The van der Waals surface area contributed by atoms with E-state index >= 15 is 0 Å². The van der Waals surface area contributed by atoms with Gasteiger partial charge in [0, 0.05) is 18.7 Å². The maximum Gasteiger partial charge on any atom is 0.251 e. The Kier molecular flexibility index (Phi) is 4.99. The average Bonchev–Trinajstić information content (AvgIpc) is 2.43. The number of likely N-dealkylation sites (tertiary alicyclic amines) is 1. The van der Waals surface area contributed by atoms with Gasteiger partial charge in [0.2, 0.25) is 5.91 Å². The summed E-state index contributed by atoms with van der Waals surface area (Å²) in [5.74, 6) is 0.386. The second-order valence-corrected chi connectivity index (χ2v) is 6.15. The van der Waals surface area contributed by atoms with E-state index in [0.29, 0.717) is 11.5 Å². The third-order valence-electron chi connectivity index (χ3n) is 3.89. The first-order valence-electron chi connectivity index (χ1n) is 7.60. The number of nitrogens with one attached hydrogen (secondary N) is 1. The average molecular weight is 288 g/mol. The number of amides is 2. The fourth-order valence-electron chi connectivity index (χ4n) is 2.89. The molecule has 2 rings (SSSR count). The van der Waals surface area contributed by atoms with Crippen LogP contribution in [0.2, 0.25) is 0 Å². The number of piperidine rings is 1. The molecule has 2 amide bonds. The molecule has 114 valence electrons. The normalized spacial score (nSPS) is 18.4. The first-order valence-corrected chi connectivity index (χ1v) is 7.60. The summed E-state index contributed by atoms with van der Waals surface area (Å²) in [6.07, 6.45) is 2.23. The summed E-state index contributed by atoms with van der Waals surface area (Å²) < 4.78 is 0. The van der Waals surface area contributed by atoms with Crippen molar-refractivity contribution in [2.24, 2.45) is 5.92 Å². The summed E-state index contributed by atoms with van der Waals surface area (Å²) in [5.41, 5.74) is 2.72. The van der Waals surface area contributed by atoms with Gasteiger partial charge in [0.1, 0.15) is 0 Å². The van der Waals surface area contributed by atoms with Crippen molar-refractivity contribution in [3.63, 3.8) is 0 Å². The largest absolute Gasteiger partial charge is 0.343 e. The van der Waals surface area contributed by atoms with Crippen molar-refractivity contribution in [3.05, 3.63) is 34.9 Å². The molecule has 1 aliphatic heterocycles. The second-order valence-electron chi connectivity index (χ2n) is 6.15. The summed E-state index contributed by atoms with van der Waals surface area (Å²) >= 11 is 0. The maximum absolute atomic E-state index is 12.1. The van der Waals surface area contributed by atoms with E-state index in [1.165, 1.54) is 6.42 Å². The molecular formula is C17H24N2O2. The number of benzene rings is 1. The number of hydrogen-bond donors (Lipinski definition) is 1. The van der Waals surface area contributed by atoms with Gasteiger partial charge in [0.25, 0.3) is 5.91 Å². The van der Waals surface area contributed by atoms with Crippen LogP contribution in [0.4, 0.5) is 0 Å². The van der Waals surface area contributed by atoms with Gasteiger partial charge in [-0.25, -0.2) is 0 Å². The lowest BCUT2D eigenvalue weighted by molar-refractivity contribution is -0.131. The molecule has 0 bridgehead atoms. The van der Waals surface area contributed by atoms with Crippen LogP contribution in [0.15, 0.2) is 18.2 Å². The molecule has 0 radical (unpaired) electrons. The Morgan fingerprint density at radius 1 is 1.24 bits per heavy atom. The van der Waals surface area contributed by atoms with Crippen LogP contribution < -0.4 is 5.32 Å². The third kappa shape index (κ3) is 4.31. The summed E-state index contributed by atoms with van der Waals surface area (Å²) in [4.78, 5) is 26.1. The van der Waals surface area contributed by atoms with Crippen molar-refractivity contribution in [2.45, 2.75) is 33.6 Å². The van der Waals surface area contributed by atoms with Crippen LogP contribution in [0.3, 0.4) is 0 Å². The van der Waals surface area contributed by atoms with Crippen molar-refractivity contribution in [1.29, 1.82) is 0 Å². The summed E-state index contributed by atoms with van der Waals surface area (Å²) in [6.45, 7) is 7.78. The topological polar surface area (TPSA) is 49.4 Å². The van der Waals surface area contributed by atoms with Crippen LogP contribution in [0, 0.1) is 19.8 Å². The van der Waals surface area contributed by atoms with E-state index in [1.807, 2.05) is 36.9 Å². The van der Waals surface area contributed by atoms with Crippen LogP contribution in [-0.2, 0) is 4.79 Å². The number of aryl methyl sites for hydroxylation is 2. The predicted octanol–water partition coefficient (Wildman–Crippen LogP) is 2.29. The van der Waals surface area contributed by atoms with Gasteiger partial charge in [-0.15, -0.1) is 0 Å². The lowest BCUT2D eigenvalue weighted by Gasteiger charge is -2.31. The Hall–Kier alpha value is -1.84. The highest BCUT2D eigenvalue weighted by atomic mass is 16.2. The second kappa shape index (κ2) is 6.74. The summed E-state index contributed by atoms with van der Waals surface area (Å²) in [7, 11) is 0. The first-order chi connectivity index (χ1) is 9.95. The monoisotopic (exact) mass is 288 g/mol. The lowest BCUT2D eigenvalue weighted by atomic mass is 10.0. The van der Waals surface area contributed by atoms with E-state index in [0.717, 1.165) is 30.6 Å². The number of rotatable bonds is 3. The molecule has 1 heterocycles. The van der Waals surface area contributed by atoms with Crippen LogP contribution in [0.5, 0.6) is 0 Å². The van der Waals surface area contributed by atoms with E-state index in [9.17, 15) is 9.59 Å². The fourth-order valence-corrected chi connectivity index (χ4v) is 2.89. The van der Waals surface area contributed by atoms with Crippen molar-refractivity contribution in [1.82, 2.24) is 10.2 Å². The van der Waals surface area contributed by atoms with Crippen LogP contribution in [0.1, 0.15) is 41.3 Å². The standard InChI is InChI=1S/C17H24N2O2/c1-12-5-4-6-19(11-12)16(20)10-18-17(21)15-8-13(2)7-14(3)9-15/h7-9,12H,4-6,10-11H2,1-3H3,(H,18,21). The zero-order valence-electron chi connectivity index (χ0n) is 13.1. The van der Waals surface area contributed by atoms with Gasteiger partial charge in [-0.1, -0.05) is 24.1 Å². The summed E-state index contributed by atoms with van der Waals surface area (Å²) in [6, 6.07) is 5.71. The predicted molar refractivity (Wildman–Crippen MR) is 83.2 cm³/mol. The molecule has 1 unspecified atom stereocenters. The van der Waals surface area contributed by atoms with Gasteiger partial charge in [-0.05, 0) is 44.7 Å². The zero-order chi connectivity index (χ0) is 15.4. The first kappa shape index (κ1) is 15.5. The van der Waals surface area contributed by atoms with Crippen LogP contribution in [0.25, 0.3) is 0 Å². The molecule has 0 aromatic heterocycles. The van der Waals surface area contributed by atoms with Crippen molar-refractivity contribution >= 4 is 11.8 Å². The van der Waals surface area contributed by atoms with Crippen LogP contribution >= 0.6 is 0 Å². The van der Waals surface area contributed by atoms with E-state index in [-0.39, 0.29) is 18.4 Å². The molecule has 0 spiro atoms. The van der Waals surface area contributed by atoms with Gasteiger partial charge in [0.15, 0.2) is 0 Å². The Morgan fingerprint density at radius 2 is 1.90 bits per heavy atom. The Morgan fingerprint density at radius 3 is 2.52 bits per heavy atom. The number of nitrogens with zero attached hydrogens (tertiary/aromatic N) is 1. The van der Waals surface area contributed by atoms with Gasteiger partial charge in [0.05, 0.1) is 6.54 Å². The smallest absolute Gasteiger partial charge is 0.251 e. The summed E-state index contributed by atoms with van der Waals surface area (Å²) in [5, 5.41) is 2.74. The Bertz CT molecular complexity index is 519. The van der Waals surface area contributed by atoms with E-state index in [4.69, 9.17) is 0 Å². The molecule has 1 aromatic rings. The fraction of sp³-hybridized carbons (Fsp3) is 0.529. The van der Waals surface area contributed by atoms with Gasteiger partial charge in [-0.3, -0.25) is 9.59 Å². The maximum atomic E-state index is 12.1. The van der Waals surface area contributed by atoms with E-state index in [2.05, 4.69) is 12.2 Å². The number of carbonyl (C=O) groups excluding carboxylic acids is 2. The lowest BCUT2D eigenvalue weighted by Crippen LogP contribution is -2.44. The van der Waals surface area contributed by atoms with Gasteiger partial charge < -0.3 is 10.2 Å². The number of hydrogen-bond acceptors (Lipinski definition) is 2. The molecule has 0 aliphatic carbocycles. The molecule has 1 atom stereocenters. The molecular weight excluding hydrogens is 264 g/mol. The Balaban J connectivity index is 1.90. The van der Waals surface area contributed by atoms with E-state index < -0.39 is 0 Å². The van der Waals surface area contributed by atoms with Gasteiger partial charge >= 0.3 is 0 Å². The van der Waals surface area contributed by atoms with Gasteiger partial charge in [-0.2, -0.15) is 0 Å². The molecule has 4 nitrogen and oxygen atoms in total. The minimum Gasteiger partial charge on any atom is -0.343 e. The Labute approximate surface area is 126 Å². The molecule has 1 aromatic carbocycles. The van der Waals surface area contributed by atoms with Crippen molar-refractivity contribution in [3.8, 4) is 0 Å². The quantitative estimate of drug-likeness (QED) is 0.927. The number of carbonyl (C=O) groups is 2.